The first-order chi connectivity index (χ1) is 10.7. The Balaban J connectivity index is 1.75. The van der Waals surface area contributed by atoms with E-state index in [1.807, 2.05) is 0 Å². The van der Waals surface area contributed by atoms with Gasteiger partial charge in [-0.2, -0.15) is 0 Å². The van der Waals surface area contributed by atoms with E-state index in [2.05, 4.69) is 15.8 Å². The molecule has 3 rings (SSSR count). The molecule has 9 heteroatoms. The van der Waals surface area contributed by atoms with Crippen LogP contribution in [0.25, 0.3) is 10.2 Å². The standard InChI is InChI=1S/C13H12ClN3O4S/c1-19-8-3-2-7(14)11-10(8)15-13(22-11)17-16-12(18)9-6-20-4-5-21-9/h2-3,6H,4-5H2,1H3,(H,15,17)(H,16,18). The summed E-state index contributed by atoms with van der Waals surface area (Å²) in [6.45, 7) is 0.771. The molecule has 0 bridgehead atoms. The molecule has 1 aromatic carbocycles. The maximum atomic E-state index is 11.9. The number of hydrazine groups is 1. The molecule has 22 heavy (non-hydrogen) atoms. The molecule has 0 saturated carbocycles. The molecule has 2 heterocycles. The Bertz CT molecular complexity index is 746. The van der Waals surface area contributed by atoms with Crippen molar-refractivity contribution < 1.29 is 19.0 Å². The summed E-state index contributed by atoms with van der Waals surface area (Å²) in [5.74, 6) is 0.272. The number of ether oxygens (including phenoxy) is 3. The second-order valence-electron chi connectivity index (χ2n) is 4.23. The average molecular weight is 342 g/mol. The maximum Gasteiger partial charge on any atom is 0.307 e. The van der Waals surface area contributed by atoms with Gasteiger partial charge in [0.05, 0.1) is 16.8 Å². The van der Waals surface area contributed by atoms with Gasteiger partial charge in [-0.1, -0.05) is 22.9 Å². The van der Waals surface area contributed by atoms with Gasteiger partial charge in [-0.15, -0.1) is 0 Å². The molecule has 1 aliphatic rings. The van der Waals surface area contributed by atoms with Gasteiger partial charge in [0.1, 0.15) is 30.7 Å². The number of rotatable bonds is 4. The van der Waals surface area contributed by atoms with Crippen LogP contribution >= 0.6 is 22.9 Å². The predicted molar refractivity (Wildman–Crippen MR) is 82.9 cm³/mol. The fourth-order valence-corrected chi connectivity index (χ4v) is 2.94. The second-order valence-corrected chi connectivity index (χ2v) is 5.63. The third kappa shape index (κ3) is 2.88. The van der Waals surface area contributed by atoms with Crippen LogP contribution in [0.3, 0.4) is 0 Å². The number of nitrogens with zero attached hydrogens (tertiary/aromatic N) is 1. The van der Waals surface area contributed by atoms with Crippen LogP contribution in [0.5, 0.6) is 5.75 Å². The number of halogens is 1. The quantitative estimate of drug-likeness (QED) is 0.830. The van der Waals surface area contributed by atoms with Crippen molar-refractivity contribution in [2.24, 2.45) is 0 Å². The lowest BCUT2D eigenvalue weighted by atomic mass is 10.3. The molecule has 1 aliphatic heterocycles. The fourth-order valence-electron chi connectivity index (χ4n) is 1.83. The molecule has 116 valence electrons. The lowest BCUT2D eigenvalue weighted by Crippen LogP contribution is -2.32. The average Bonchev–Trinajstić information content (AvgIpc) is 2.99. The van der Waals surface area contributed by atoms with Crippen molar-refractivity contribution in [1.82, 2.24) is 10.4 Å². The van der Waals surface area contributed by atoms with Gasteiger partial charge in [0.15, 0.2) is 0 Å². The summed E-state index contributed by atoms with van der Waals surface area (Å²) in [6.07, 6.45) is 1.28. The summed E-state index contributed by atoms with van der Waals surface area (Å²) in [4.78, 5) is 16.2. The number of nitrogens with one attached hydrogen (secondary N) is 2. The van der Waals surface area contributed by atoms with Crippen LogP contribution in [-0.2, 0) is 14.3 Å². The first-order valence-corrected chi connectivity index (χ1v) is 7.52. The van der Waals surface area contributed by atoms with E-state index in [1.54, 1.807) is 19.2 Å². The lowest BCUT2D eigenvalue weighted by Gasteiger charge is -2.14. The Labute approximate surface area is 134 Å². The highest BCUT2D eigenvalue weighted by Crippen LogP contribution is 2.37. The highest BCUT2D eigenvalue weighted by atomic mass is 35.5. The van der Waals surface area contributed by atoms with E-state index in [0.717, 1.165) is 4.70 Å². The number of methoxy groups -OCH3 is 1. The van der Waals surface area contributed by atoms with Crippen molar-refractivity contribution in [3.8, 4) is 5.75 Å². The summed E-state index contributed by atoms with van der Waals surface area (Å²) in [7, 11) is 1.56. The zero-order chi connectivity index (χ0) is 15.5. The Hall–Kier alpha value is -2.19. The Morgan fingerprint density at radius 3 is 3.05 bits per heavy atom. The number of thiazole rings is 1. The van der Waals surface area contributed by atoms with Crippen molar-refractivity contribution >= 4 is 44.2 Å². The molecular weight excluding hydrogens is 330 g/mol. The number of fused-ring (bicyclic) bond motifs is 1. The molecule has 0 saturated heterocycles. The summed E-state index contributed by atoms with van der Waals surface area (Å²) in [6, 6.07) is 3.48. The number of benzene rings is 1. The SMILES string of the molecule is COc1ccc(Cl)c2sc(NNC(=O)C3=COCCO3)nc12. The zero-order valence-corrected chi connectivity index (χ0v) is 13.1. The number of amides is 1. The largest absolute Gasteiger partial charge is 0.494 e. The third-order valence-corrected chi connectivity index (χ3v) is 4.27. The highest BCUT2D eigenvalue weighted by Gasteiger charge is 2.16. The normalized spacial score (nSPS) is 13.8. The predicted octanol–water partition coefficient (Wildman–Crippen LogP) is 2.29. The summed E-state index contributed by atoms with van der Waals surface area (Å²) < 4.78 is 16.2. The summed E-state index contributed by atoms with van der Waals surface area (Å²) >= 11 is 7.44. The molecule has 0 unspecified atom stereocenters. The van der Waals surface area contributed by atoms with Crippen molar-refractivity contribution in [2.45, 2.75) is 0 Å². The van der Waals surface area contributed by atoms with E-state index in [-0.39, 0.29) is 5.76 Å². The molecule has 2 N–H and O–H groups in total. The molecule has 0 radical (unpaired) electrons. The topological polar surface area (TPSA) is 81.7 Å². The lowest BCUT2D eigenvalue weighted by molar-refractivity contribution is -0.121. The van der Waals surface area contributed by atoms with Crippen LogP contribution in [-0.4, -0.2) is 31.2 Å². The van der Waals surface area contributed by atoms with E-state index in [4.69, 9.17) is 25.8 Å². The number of carbonyl (C=O) groups is 1. The summed E-state index contributed by atoms with van der Waals surface area (Å²) in [5.41, 5.74) is 5.85. The van der Waals surface area contributed by atoms with Crippen LogP contribution < -0.4 is 15.6 Å². The first-order valence-electron chi connectivity index (χ1n) is 6.33. The van der Waals surface area contributed by atoms with Gasteiger partial charge in [0.25, 0.3) is 0 Å². The molecule has 1 aromatic heterocycles. The minimum Gasteiger partial charge on any atom is -0.494 e. The molecule has 0 fully saturated rings. The number of carbonyl (C=O) groups excluding carboxylic acids is 1. The fraction of sp³-hybridized carbons (Fsp3) is 0.231. The van der Waals surface area contributed by atoms with Crippen LogP contribution in [0.4, 0.5) is 5.13 Å². The number of aromatic nitrogens is 1. The van der Waals surface area contributed by atoms with E-state index in [0.29, 0.717) is 34.6 Å². The van der Waals surface area contributed by atoms with Gasteiger partial charge >= 0.3 is 5.91 Å². The molecule has 2 aromatic rings. The number of hydrogen-bond donors (Lipinski definition) is 2. The number of hydrogen-bond acceptors (Lipinski definition) is 7. The van der Waals surface area contributed by atoms with E-state index in [1.165, 1.54) is 17.6 Å². The molecule has 1 amide bonds. The van der Waals surface area contributed by atoms with E-state index in [9.17, 15) is 4.79 Å². The van der Waals surface area contributed by atoms with Gasteiger partial charge < -0.3 is 14.2 Å². The van der Waals surface area contributed by atoms with Crippen molar-refractivity contribution in [3.05, 3.63) is 29.2 Å². The monoisotopic (exact) mass is 341 g/mol. The second kappa shape index (κ2) is 6.29. The highest BCUT2D eigenvalue weighted by molar-refractivity contribution is 7.22. The Morgan fingerprint density at radius 1 is 1.45 bits per heavy atom. The van der Waals surface area contributed by atoms with E-state index >= 15 is 0 Å². The molecule has 0 aliphatic carbocycles. The van der Waals surface area contributed by atoms with E-state index < -0.39 is 5.91 Å². The number of anilines is 1. The Morgan fingerprint density at radius 2 is 2.32 bits per heavy atom. The molecular formula is C13H12ClN3O4S. The molecule has 7 nitrogen and oxygen atoms in total. The van der Waals surface area contributed by atoms with Gasteiger partial charge in [-0.05, 0) is 12.1 Å². The summed E-state index contributed by atoms with van der Waals surface area (Å²) in [5, 5.41) is 1.05. The maximum absolute atomic E-state index is 11.9. The van der Waals surface area contributed by atoms with Crippen molar-refractivity contribution in [2.75, 3.05) is 25.7 Å². The van der Waals surface area contributed by atoms with Gasteiger partial charge in [-0.25, -0.2) is 4.98 Å². The van der Waals surface area contributed by atoms with Gasteiger partial charge in [0, 0.05) is 0 Å². The van der Waals surface area contributed by atoms with Crippen LogP contribution in [0.2, 0.25) is 5.02 Å². The zero-order valence-electron chi connectivity index (χ0n) is 11.5. The smallest absolute Gasteiger partial charge is 0.307 e. The van der Waals surface area contributed by atoms with Gasteiger partial charge in [-0.3, -0.25) is 15.6 Å². The van der Waals surface area contributed by atoms with Crippen molar-refractivity contribution in [3.63, 3.8) is 0 Å². The first kappa shape index (κ1) is 14.7. The van der Waals surface area contributed by atoms with Crippen LogP contribution in [0.15, 0.2) is 24.2 Å². The minimum absolute atomic E-state index is 0.107. The third-order valence-electron chi connectivity index (χ3n) is 2.83. The molecule has 0 spiro atoms. The molecule has 0 atom stereocenters. The van der Waals surface area contributed by atoms with Gasteiger partial charge in [0.2, 0.25) is 10.9 Å². The Kier molecular flexibility index (Phi) is 4.21. The van der Waals surface area contributed by atoms with Crippen LogP contribution in [0, 0.1) is 0 Å². The van der Waals surface area contributed by atoms with Crippen molar-refractivity contribution in [1.29, 1.82) is 0 Å². The van der Waals surface area contributed by atoms with Crippen LogP contribution in [0.1, 0.15) is 0 Å². The minimum atomic E-state index is -0.447.